The number of benzene rings is 2. The van der Waals surface area contributed by atoms with Gasteiger partial charge in [-0.3, -0.25) is 24.0 Å². The molecular formula is C37H40O8. The number of ketones is 5. The zero-order valence-corrected chi connectivity index (χ0v) is 27.0. The zero-order chi connectivity index (χ0) is 33.4. The molecule has 0 bridgehead atoms. The lowest BCUT2D eigenvalue weighted by Crippen LogP contribution is -2.76. The van der Waals surface area contributed by atoms with E-state index in [1.54, 1.807) is 65.1 Å². The Hall–Kier alpha value is -4.09. The van der Waals surface area contributed by atoms with E-state index in [1.807, 2.05) is 13.8 Å². The van der Waals surface area contributed by atoms with E-state index >= 15 is 0 Å². The molecule has 8 heteroatoms. The van der Waals surface area contributed by atoms with Crippen molar-refractivity contribution in [3.8, 4) is 23.3 Å². The molecule has 8 nitrogen and oxygen atoms in total. The van der Waals surface area contributed by atoms with Crippen LogP contribution in [0.3, 0.4) is 0 Å². The Morgan fingerprint density at radius 3 is 2.27 bits per heavy atom. The van der Waals surface area contributed by atoms with Gasteiger partial charge in [0.25, 0.3) is 0 Å². The second-order valence-electron chi connectivity index (χ2n) is 14.2. The van der Waals surface area contributed by atoms with Gasteiger partial charge in [-0.2, -0.15) is 0 Å². The molecular weight excluding hydrogens is 572 g/mol. The fourth-order valence-electron chi connectivity index (χ4n) is 8.68. The Labute approximate surface area is 263 Å². The Balaban J connectivity index is 1.71. The van der Waals surface area contributed by atoms with Gasteiger partial charge in [-0.25, -0.2) is 0 Å². The number of aromatic hydroxyl groups is 1. The highest BCUT2D eigenvalue weighted by Crippen LogP contribution is 2.64. The number of aliphatic hydroxyl groups is 1. The van der Waals surface area contributed by atoms with Crippen LogP contribution in [0.4, 0.5) is 0 Å². The van der Waals surface area contributed by atoms with Gasteiger partial charge in [-0.05, 0) is 72.4 Å². The van der Waals surface area contributed by atoms with Crippen molar-refractivity contribution in [3.63, 3.8) is 0 Å². The van der Waals surface area contributed by atoms with Gasteiger partial charge in [0, 0.05) is 16.9 Å². The molecule has 0 radical (unpaired) electrons. The number of ether oxygens (including phenoxy) is 1. The molecule has 0 heterocycles. The Morgan fingerprint density at radius 1 is 1.02 bits per heavy atom. The van der Waals surface area contributed by atoms with Crippen LogP contribution in [0, 0.1) is 46.3 Å². The minimum absolute atomic E-state index is 0.0126. The third-order valence-corrected chi connectivity index (χ3v) is 10.4. The third kappa shape index (κ3) is 4.50. The minimum Gasteiger partial charge on any atom is -0.506 e. The summed E-state index contributed by atoms with van der Waals surface area (Å²) in [6.07, 6.45) is 0.211. The molecule has 236 valence electrons. The van der Waals surface area contributed by atoms with Crippen LogP contribution in [0.25, 0.3) is 0 Å². The minimum atomic E-state index is -2.73. The molecule has 3 unspecified atom stereocenters. The Morgan fingerprint density at radius 2 is 1.69 bits per heavy atom. The molecule has 5 rings (SSSR count). The maximum absolute atomic E-state index is 14.6. The highest BCUT2D eigenvalue weighted by atomic mass is 16.5. The first kappa shape index (κ1) is 32.3. The molecule has 2 saturated carbocycles. The van der Waals surface area contributed by atoms with Crippen LogP contribution in [0.5, 0.6) is 11.5 Å². The molecule has 0 spiro atoms. The van der Waals surface area contributed by atoms with Gasteiger partial charge in [0.05, 0.1) is 24.2 Å². The second-order valence-corrected chi connectivity index (χ2v) is 14.2. The molecule has 3 aliphatic carbocycles. The lowest BCUT2D eigenvalue weighted by molar-refractivity contribution is -0.205. The standard InChI is InChI=1S/C37H40O8/c1-18(2)24-15-22(13-12-21-10-9-11-23(14-21)45-8)30(39)27-25(24)16-35(6)17-36(7)28(19(3)4)31(40)26(20(5)38)33(42)37(36,44)34(43)29(35)32(27)41/h9-11,14-15,18-19,26,28-29,39,44H,16-17H2,1-8H3/t26?,28?,29?,35-,36-,37+/m1/s1. The van der Waals surface area contributed by atoms with Crippen LogP contribution in [0.15, 0.2) is 30.3 Å². The van der Waals surface area contributed by atoms with E-state index in [1.165, 1.54) is 0 Å². The average Bonchev–Trinajstić information content (AvgIpc) is 2.94. The van der Waals surface area contributed by atoms with E-state index in [0.717, 1.165) is 12.5 Å². The summed E-state index contributed by atoms with van der Waals surface area (Å²) in [6, 6.07) is 8.86. The number of phenolic OH excluding ortho intramolecular Hbond substituents is 1. The van der Waals surface area contributed by atoms with Gasteiger partial charge in [-0.1, -0.05) is 59.4 Å². The number of rotatable bonds is 4. The molecule has 0 aliphatic heterocycles. The predicted molar refractivity (Wildman–Crippen MR) is 166 cm³/mol. The number of methoxy groups -OCH3 is 1. The van der Waals surface area contributed by atoms with Crippen LogP contribution in [-0.4, -0.2) is 51.8 Å². The predicted octanol–water partition coefficient (Wildman–Crippen LogP) is 4.62. The monoisotopic (exact) mass is 612 g/mol. The number of fused-ring (bicyclic) bond motifs is 3. The van der Waals surface area contributed by atoms with Gasteiger partial charge in [0.1, 0.15) is 23.2 Å². The average molecular weight is 613 g/mol. The first-order valence-electron chi connectivity index (χ1n) is 15.4. The first-order chi connectivity index (χ1) is 20.9. The van der Waals surface area contributed by atoms with Gasteiger partial charge in [-0.15, -0.1) is 0 Å². The van der Waals surface area contributed by atoms with Crippen LogP contribution in [0.1, 0.15) is 93.4 Å². The first-order valence-corrected chi connectivity index (χ1v) is 15.4. The fourth-order valence-corrected chi connectivity index (χ4v) is 8.68. The summed E-state index contributed by atoms with van der Waals surface area (Å²) in [7, 11) is 1.55. The van der Waals surface area contributed by atoms with Crippen molar-refractivity contribution in [2.75, 3.05) is 7.11 Å². The van der Waals surface area contributed by atoms with Crippen molar-refractivity contribution in [2.45, 2.75) is 72.8 Å². The summed E-state index contributed by atoms with van der Waals surface area (Å²) >= 11 is 0. The lowest BCUT2D eigenvalue weighted by atomic mass is 9.39. The van der Waals surface area contributed by atoms with Crippen LogP contribution < -0.4 is 4.74 Å². The molecule has 0 aromatic heterocycles. The summed E-state index contributed by atoms with van der Waals surface area (Å²) in [5.74, 6) is -2.68. The fraction of sp³-hybridized carbons (Fsp3) is 0.486. The number of Topliss-reactive ketones (excluding diaryl/α,β-unsaturated/α-hetero) is 5. The summed E-state index contributed by atoms with van der Waals surface area (Å²) in [6.45, 7) is 11.9. The Bertz CT molecular complexity index is 1740. The number of hydrogen-bond donors (Lipinski definition) is 2. The van der Waals surface area contributed by atoms with Crippen molar-refractivity contribution in [2.24, 2.45) is 34.5 Å². The molecule has 0 amide bonds. The van der Waals surface area contributed by atoms with E-state index in [-0.39, 0.29) is 35.6 Å². The van der Waals surface area contributed by atoms with Crippen LogP contribution in [-0.2, 0) is 25.6 Å². The molecule has 6 atom stereocenters. The molecule has 2 fully saturated rings. The quantitative estimate of drug-likeness (QED) is 0.377. The van der Waals surface area contributed by atoms with Gasteiger partial charge < -0.3 is 14.9 Å². The largest absolute Gasteiger partial charge is 0.506 e. The third-order valence-electron chi connectivity index (χ3n) is 10.4. The van der Waals surface area contributed by atoms with E-state index in [2.05, 4.69) is 11.8 Å². The summed E-state index contributed by atoms with van der Waals surface area (Å²) < 4.78 is 5.27. The highest BCUT2D eigenvalue weighted by molar-refractivity contribution is 6.32. The van der Waals surface area contributed by atoms with Gasteiger partial charge in [0.2, 0.25) is 0 Å². The van der Waals surface area contributed by atoms with Crippen molar-refractivity contribution in [3.05, 3.63) is 58.1 Å². The van der Waals surface area contributed by atoms with Crippen molar-refractivity contribution < 1.29 is 38.9 Å². The zero-order valence-electron chi connectivity index (χ0n) is 27.0. The molecule has 0 saturated heterocycles. The maximum atomic E-state index is 14.6. The maximum Gasteiger partial charge on any atom is 0.190 e. The van der Waals surface area contributed by atoms with Gasteiger partial charge >= 0.3 is 0 Å². The number of phenols is 1. The van der Waals surface area contributed by atoms with Crippen LogP contribution in [0.2, 0.25) is 0 Å². The van der Waals surface area contributed by atoms with E-state index in [9.17, 15) is 34.2 Å². The summed E-state index contributed by atoms with van der Waals surface area (Å²) in [5.41, 5.74) is -3.18. The molecule has 45 heavy (non-hydrogen) atoms. The molecule has 3 aliphatic rings. The topological polar surface area (TPSA) is 135 Å². The van der Waals surface area contributed by atoms with E-state index < -0.39 is 69.0 Å². The number of carbonyl (C=O) groups is 5. The molecule has 2 aromatic carbocycles. The van der Waals surface area contributed by atoms with E-state index in [0.29, 0.717) is 16.9 Å². The number of hydrogen-bond acceptors (Lipinski definition) is 8. The van der Waals surface area contributed by atoms with Crippen molar-refractivity contribution >= 4 is 28.9 Å². The van der Waals surface area contributed by atoms with Crippen molar-refractivity contribution in [1.29, 1.82) is 0 Å². The SMILES string of the molecule is COc1cccc(C#Cc2cc(C(C)C)c3c(c2O)C(=O)C2C(=O)[C@@]4(O)C(=O)C(C(C)=O)C(=O)C(C(C)C)[C@@]4(C)C[C@@]2(C)C3)c1. The summed E-state index contributed by atoms with van der Waals surface area (Å²) in [5, 5.41) is 23.8. The van der Waals surface area contributed by atoms with E-state index in [4.69, 9.17) is 4.74 Å². The lowest BCUT2D eigenvalue weighted by Gasteiger charge is -2.62. The number of carbonyl (C=O) groups excluding carboxylic acids is 5. The van der Waals surface area contributed by atoms with Gasteiger partial charge in [0.15, 0.2) is 28.7 Å². The van der Waals surface area contributed by atoms with Crippen molar-refractivity contribution in [1.82, 2.24) is 0 Å². The normalized spacial score (nSPS) is 30.8. The molecule has 2 N–H and O–H groups in total. The Kier molecular flexibility index (Phi) is 7.73. The second kappa shape index (κ2) is 10.8. The molecule has 2 aromatic rings. The van der Waals surface area contributed by atoms with Crippen LogP contribution >= 0.6 is 0 Å². The smallest absolute Gasteiger partial charge is 0.190 e. The highest BCUT2D eigenvalue weighted by Gasteiger charge is 2.76. The summed E-state index contributed by atoms with van der Waals surface area (Å²) in [4.78, 5) is 69.2.